The predicted octanol–water partition coefficient (Wildman–Crippen LogP) is 7.28. The maximum absolute atomic E-state index is 13.5. The number of ether oxygens (including phenoxy) is 2. The second kappa shape index (κ2) is 8.61. The van der Waals surface area contributed by atoms with Crippen LogP contribution in [0.3, 0.4) is 0 Å². The van der Waals surface area contributed by atoms with Crippen molar-refractivity contribution in [3.63, 3.8) is 0 Å². The average molecular weight is 453 g/mol. The van der Waals surface area contributed by atoms with Gasteiger partial charge in [-0.3, -0.25) is 4.79 Å². The van der Waals surface area contributed by atoms with Gasteiger partial charge in [0.2, 0.25) is 6.79 Å². The number of benzene rings is 3. The minimum atomic E-state index is -0.367. The average Bonchev–Trinajstić information content (AvgIpc) is 3.56. The topological polar surface area (TPSA) is 35.5 Å². The van der Waals surface area contributed by atoms with Gasteiger partial charge in [-0.2, -0.15) is 0 Å². The van der Waals surface area contributed by atoms with Crippen molar-refractivity contribution in [3.05, 3.63) is 82.9 Å². The van der Waals surface area contributed by atoms with E-state index >= 15 is 0 Å². The first-order valence-corrected chi connectivity index (χ1v) is 12.8. The van der Waals surface area contributed by atoms with Crippen LogP contribution < -0.4 is 9.47 Å². The molecule has 0 amide bonds. The van der Waals surface area contributed by atoms with E-state index in [0.29, 0.717) is 12.2 Å². The lowest BCUT2D eigenvalue weighted by Crippen LogP contribution is -2.22. The number of aryl methyl sites for hydroxylation is 1. The van der Waals surface area contributed by atoms with Gasteiger partial charge in [0.25, 0.3) is 0 Å². The highest BCUT2D eigenvalue weighted by atomic mass is 16.7. The number of ketones is 1. The van der Waals surface area contributed by atoms with E-state index in [1.165, 1.54) is 54.4 Å². The lowest BCUT2D eigenvalue weighted by molar-refractivity contribution is -0.120. The van der Waals surface area contributed by atoms with E-state index in [-0.39, 0.29) is 12.2 Å². The molecule has 0 N–H and O–H groups in total. The second-order valence-electron chi connectivity index (χ2n) is 10.4. The third kappa shape index (κ3) is 3.91. The Morgan fingerprint density at radius 2 is 1.65 bits per heavy atom. The van der Waals surface area contributed by atoms with Gasteiger partial charge in [0.05, 0.1) is 5.41 Å². The van der Waals surface area contributed by atoms with Gasteiger partial charge in [-0.15, -0.1) is 0 Å². The number of hydrogen-bond acceptors (Lipinski definition) is 3. The number of fused-ring (bicyclic) bond motifs is 1. The first-order valence-electron chi connectivity index (χ1n) is 12.8. The summed E-state index contributed by atoms with van der Waals surface area (Å²) in [5, 5.41) is 0. The number of Topliss-reactive ketones (excluding diaryl/α,β-unsaturated/α-hetero) is 1. The summed E-state index contributed by atoms with van der Waals surface area (Å²) in [6.45, 7) is 2.42. The van der Waals surface area contributed by atoms with E-state index in [1.54, 1.807) is 0 Å². The lowest BCUT2D eigenvalue weighted by Gasteiger charge is -2.22. The van der Waals surface area contributed by atoms with E-state index in [1.807, 2.05) is 18.2 Å². The van der Waals surface area contributed by atoms with Crippen molar-refractivity contribution in [1.82, 2.24) is 0 Å². The molecule has 2 fully saturated rings. The van der Waals surface area contributed by atoms with Crippen LogP contribution in [-0.4, -0.2) is 12.6 Å². The van der Waals surface area contributed by atoms with Crippen LogP contribution >= 0.6 is 0 Å². The number of hydrogen-bond donors (Lipinski definition) is 0. The minimum absolute atomic E-state index is 0.257. The molecule has 3 aliphatic rings. The molecule has 0 spiro atoms. The fraction of sp³-hybridized carbons (Fsp3) is 0.387. The van der Waals surface area contributed by atoms with Crippen LogP contribution in [0.1, 0.15) is 73.1 Å². The molecule has 0 saturated heterocycles. The van der Waals surface area contributed by atoms with Crippen LogP contribution in [0.5, 0.6) is 11.5 Å². The molecule has 2 aliphatic carbocycles. The quantitative estimate of drug-likeness (QED) is 0.394. The summed E-state index contributed by atoms with van der Waals surface area (Å²) in [5.74, 6) is 2.54. The van der Waals surface area contributed by atoms with Crippen LogP contribution in [0.2, 0.25) is 0 Å². The normalized spacial score (nSPS) is 18.6. The lowest BCUT2D eigenvalue weighted by atomic mass is 9.83. The molecule has 0 bridgehead atoms. The highest BCUT2D eigenvalue weighted by molar-refractivity contribution is 5.95. The number of rotatable bonds is 6. The zero-order valence-corrected chi connectivity index (χ0v) is 19.9. The molecule has 3 heteroatoms. The molecule has 0 unspecified atom stereocenters. The van der Waals surface area contributed by atoms with Crippen molar-refractivity contribution in [2.24, 2.45) is 0 Å². The van der Waals surface area contributed by atoms with Gasteiger partial charge in [0.1, 0.15) is 5.78 Å². The van der Waals surface area contributed by atoms with Crippen LogP contribution in [0.4, 0.5) is 0 Å². The summed E-state index contributed by atoms with van der Waals surface area (Å²) in [6, 6.07) is 21.7. The Balaban J connectivity index is 1.21. The Labute approximate surface area is 202 Å². The molecule has 34 heavy (non-hydrogen) atoms. The van der Waals surface area contributed by atoms with E-state index in [9.17, 15) is 4.79 Å². The Bertz CT molecular complexity index is 1210. The maximum Gasteiger partial charge on any atom is 0.231 e. The zero-order valence-electron chi connectivity index (χ0n) is 19.9. The molecule has 0 aromatic heterocycles. The molecule has 3 nitrogen and oxygen atoms in total. The van der Waals surface area contributed by atoms with Gasteiger partial charge in [0, 0.05) is 6.42 Å². The monoisotopic (exact) mass is 452 g/mol. The first kappa shape index (κ1) is 21.5. The minimum Gasteiger partial charge on any atom is -0.454 e. The van der Waals surface area contributed by atoms with Gasteiger partial charge < -0.3 is 9.47 Å². The van der Waals surface area contributed by atoms with Crippen LogP contribution in [0.15, 0.2) is 60.7 Å². The summed E-state index contributed by atoms with van der Waals surface area (Å²) in [6.07, 6.45) is 9.02. The fourth-order valence-corrected chi connectivity index (χ4v) is 5.86. The summed E-state index contributed by atoms with van der Waals surface area (Å²) in [5.41, 5.74) is 6.98. The standard InChI is InChI=1S/C31H32O3/c1-21-7-8-22(17-27(21)25-11-9-24(10-12-25)23-5-3-2-4-6-23)18-30(32)31(15-16-31)26-13-14-28-29(19-26)34-20-33-28/h7-14,17,19,23H,2-6,15-16,18,20H2,1H3. The molecule has 2 saturated carbocycles. The highest BCUT2D eigenvalue weighted by Gasteiger charge is 2.50. The van der Waals surface area contributed by atoms with Gasteiger partial charge >= 0.3 is 0 Å². The van der Waals surface area contributed by atoms with Crippen LogP contribution in [0, 0.1) is 6.92 Å². The Morgan fingerprint density at radius 3 is 2.41 bits per heavy atom. The third-order valence-corrected chi connectivity index (χ3v) is 8.17. The van der Waals surface area contributed by atoms with Crippen molar-refractivity contribution in [1.29, 1.82) is 0 Å². The molecule has 1 heterocycles. The number of carbonyl (C=O) groups is 1. The number of carbonyl (C=O) groups excluding carboxylic acids is 1. The second-order valence-corrected chi connectivity index (χ2v) is 10.4. The van der Waals surface area contributed by atoms with Crippen LogP contribution in [-0.2, 0) is 16.6 Å². The van der Waals surface area contributed by atoms with E-state index in [4.69, 9.17) is 9.47 Å². The molecule has 1 aliphatic heterocycles. The fourth-order valence-electron chi connectivity index (χ4n) is 5.86. The summed E-state index contributed by atoms with van der Waals surface area (Å²) < 4.78 is 11.0. The van der Waals surface area contributed by atoms with Crippen LogP contribution in [0.25, 0.3) is 11.1 Å². The molecule has 6 rings (SSSR count). The molecule has 0 radical (unpaired) electrons. The first-order chi connectivity index (χ1) is 16.6. The molecule has 174 valence electrons. The largest absolute Gasteiger partial charge is 0.454 e. The van der Waals surface area contributed by atoms with E-state index in [0.717, 1.165) is 41.4 Å². The van der Waals surface area contributed by atoms with Crippen molar-refractivity contribution in [2.45, 2.75) is 69.6 Å². The third-order valence-electron chi connectivity index (χ3n) is 8.17. The van der Waals surface area contributed by atoms with Gasteiger partial charge in [-0.1, -0.05) is 67.8 Å². The van der Waals surface area contributed by atoms with Gasteiger partial charge in [-0.05, 0) is 84.0 Å². The zero-order chi connectivity index (χ0) is 23.1. The van der Waals surface area contributed by atoms with Crippen molar-refractivity contribution < 1.29 is 14.3 Å². The SMILES string of the molecule is Cc1ccc(CC(=O)C2(c3ccc4c(c3)OCO4)CC2)cc1-c1ccc(C2CCCCC2)cc1. The van der Waals surface area contributed by atoms with Crippen molar-refractivity contribution in [3.8, 4) is 22.6 Å². The van der Waals surface area contributed by atoms with Crippen molar-refractivity contribution in [2.75, 3.05) is 6.79 Å². The maximum atomic E-state index is 13.5. The smallest absolute Gasteiger partial charge is 0.231 e. The molecule has 3 aromatic carbocycles. The summed E-state index contributed by atoms with van der Waals surface area (Å²) >= 11 is 0. The van der Waals surface area contributed by atoms with Gasteiger partial charge in [-0.25, -0.2) is 0 Å². The molecule has 0 atom stereocenters. The van der Waals surface area contributed by atoms with Gasteiger partial charge in [0.15, 0.2) is 11.5 Å². The Morgan fingerprint density at radius 1 is 0.882 bits per heavy atom. The molecular weight excluding hydrogens is 420 g/mol. The summed E-state index contributed by atoms with van der Waals surface area (Å²) in [7, 11) is 0. The Hall–Kier alpha value is -3.07. The van der Waals surface area contributed by atoms with E-state index in [2.05, 4.69) is 49.4 Å². The summed E-state index contributed by atoms with van der Waals surface area (Å²) in [4.78, 5) is 13.5. The molecule has 3 aromatic rings. The molecular formula is C31H32O3. The van der Waals surface area contributed by atoms with E-state index < -0.39 is 0 Å². The predicted molar refractivity (Wildman–Crippen MR) is 135 cm³/mol. The van der Waals surface area contributed by atoms with Crippen molar-refractivity contribution >= 4 is 5.78 Å². The highest BCUT2D eigenvalue weighted by Crippen LogP contribution is 2.51. The Kier molecular flexibility index (Phi) is 5.44.